The Morgan fingerprint density at radius 2 is 1.48 bits per heavy atom. The summed E-state index contributed by atoms with van der Waals surface area (Å²) in [6, 6.07) is 3.57. The fourth-order valence-corrected chi connectivity index (χ4v) is 1.76. The molecule has 9 heteroatoms. The molecule has 108 valence electrons. The van der Waals surface area contributed by atoms with E-state index in [4.69, 9.17) is 15.8 Å². The highest BCUT2D eigenvalue weighted by Gasteiger charge is 2.43. The second-order valence-corrected chi connectivity index (χ2v) is 3.75. The lowest BCUT2D eigenvalue weighted by Crippen LogP contribution is -2.19. The van der Waals surface area contributed by atoms with Crippen molar-refractivity contribution in [1.29, 1.82) is 15.8 Å². The number of hydrogen-bond donors (Lipinski definition) is 0. The van der Waals surface area contributed by atoms with Crippen LogP contribution in [0, 0.1) is 34.0 Å². The fraction of sp³-hybridized carbons (Fsp3) is 0.250. The number of benzene rings is 1. The summed E-state index contributed by atoms with van der Waals surface area (Å²) in [4.78, 5) is 0. The zero-order valence-corrected chi connectivity index (χ0v) is 9.89. The summed E-state index contributed by atoms with van der Waals surface area (Å²) in [5.41, 5.74) is -7.25. The van der Waals surface area contributed by atoms with Gasteiger partial charge in [-0.2, -0.15) is 42.1 Å². The van der Waals surface area contributed by atoms with Gasteiger partial charge in [0.15, 0.2) is 0 Å². The SMILES string of the molecule is N#CCc1c(C(F)(F)F)cc(C#N)c(C#N)c1C(F)(F)F. The molecule has 0 atom stereocenters. The topological polar surface area (TPSA) is 71.4 Å². The van der Waals surface area contributed by atoms with E-state index in [-0.39, 0.29) is 6.07 Å². The average Bonchev–Trinajstić information content (AvgIpc) is 2.35. The number of halogens is 6. The largest absolute Gasteiger partial charge is 0.418 e. The molecule has 0 aliphatic heterocycles. The standard InChI is InChI=1S/C12H3F6N3/c13-11(14,15)9-3-6(4-20)8(5-21)10(12(16,17)18)7(9)1-2-19/h3H,1H2. The summed E-state index contributed by atoms with van der Waals surface area (Å²) in [5.74, 6) is 0. The molecule has 0 heterocycles. The van der Waals surface area contributed by atoms with Crippen LogP contribution >= 0.6 is 0 Å². The van der Waals surface area contributed by atoms with Gasteiger partial charge >= 0.3 is 12.4 Å². The normalized spacial score (nSPS) is 11.4. The van der Waals surface area contributed by atoms with E-state index in [1.54, 1.807) is 0 Å². The maximum Gasteiger partial charge on any atom is 0.418 e. The zero-order chi connectivity index (χ0) is 16.4. The highest BCUT2D eigenvalue weighted by Crippen LogP contribution is 2.42. The van der Waals surface area contributed by atoms with Gasteiger partial charge in [0.1, 0.15) is 12.1 Å². The summed E-state index contributed by atoms with van der Waals surface area (Å²) < 4.78 is 77.4. The van der Waals surface area contributed by atoms with Gasteiger partial charge in [-0.15, -0.1) is 0 Å². The number of rotatable bonds is 1. The van der Waals surface area contributed by atoms with Crippen LogP contribution in [-0.4, -0.2) is 0 Å². The Kier molecular flexibility index (Phi) is 4.15. The summed E-state index contributed by atoms with van der Waals surface area (Å²) in [6.07, 6.45) is -11.7. The van der Waals surface area contributed by atoms with E-state index in [0.717, 1.165) is 12.1 Å². The molecule has 0 amide bonds. The van der Waals surface area contributed by atoms with Gasteiger partial charge in [-0.25, -0.2) is 0 Å². The summed E-state index contributed by atoms with van der Waals surface area (Å²) in [7, 11) is 0. The molecule has 0 unspecified atom stereocenters. The Labute approximate surface area is 114 Å². The minimum atomic E-state index is -5.30. The van der Waals surface area contributed by atoms with Crippen molar-refractivity contribution in [2.45, 2.75) is 18.8 Å². The number of alkyl halides is 6. The van der Waals surface area contributed by atoms with Crippen LogP contribution in [0.25, 0.3) is 0 Å². The third-order valence-corrected chi connectivity index (χ3v) is 2.51. The molecule has 0 fully saturated rings. The van der Waals surface area contributed by atoms with Gasteiger partial charge in [-0.3, -0.25) is 0 Å². The smallest absolute Gasteiger partial charge is 0.198 e. The monoisotopic (exact) mass is 303 g/mol. The molecule has 0 bridgehead atoms. The molecule has 21 heavy (non-hydrogen) atoms. The van der Waals surface area contributed by atoms with Crippen LogP contribution in [0.4, 0.5) is 26.3 Å². The van der Waals surface area contributed by atoms with Crippen LogP contribution in [0.15, 0.2) is 6.07 Å². The average molecular weight is 303 g/mol. The second-order valence-electron chi connectivity index (χ2n) is 3.75. The van der Waals surface area contributed by atoms with E-state index in [1.165, 1.54) is 6.07 Å². The van der Waals surface area contributed by atoms with Crippen molar-refractivity contribution in [1.82, 2.24) is 0 Å². The van der Waals surface area contributed by atoms with Gasteiger partial charge in [-0.1, -0.05) is 0 Å². The first-order valence-electron chi connectivity index (χ1n) is 5.09. The molecule has 0 N–H and O–H groups in total. The molecule has 0 spiro atoms. The first-order chi connectivity index (χ1) is 9.57. The van der Waals surface area contributed by atoms with Crippen molar-refractivity contribution in [2.24, 2.45) is 0 Å². The molecule has 0 aliphatic rings. The Bertz CT molecular complexity index is 695. The molecule has 0 saturated heterocycles. The predicted molar refractivity (Wildman–Crippen MR) is 55.2 cm³/mol. The van der Waals surface area contributed by atoms with Crippen molar-refractivity contribution in [3.05, 3.63) is 33.9 Å². The van der Waals surface area contributed by atoms with Gasteiger partial charge in [-0.05, 0) is 11.6 Å². The molecule has 1 aromatic rings. The molecular weight excluding hydrogens is 300 g/mol. The molecule has 1 aromatic carbocycles. The molecule has 0 saturated carbocycles. The quantitative estimate of drug-likeness (QED) is 0.745. The summed E-state index contributed by atoms with van der Waals surface area (Å²) in [6.45, 7) is 0. The molecule has 3 nitrogen and oxygen atoms in total. The first kappa shape index (κ1) is 16.3. The molecule has 1 rings (SSSR count). The lowest BCUT2D eigenvalue weighted by molar-refractivity contribution is -0.144. The van der Waals surface area contributed by atoms with Crippen LogP contribution in [0.3, 0.4) is 0 Å². The van der Waals surface area contributed by atoms with E-state index in [2.05, 4.69) is 0 Å². The number of nitrogens with zero attached hydrogens (tertiary/aromatic N) is 3. The maximum absolute atomic E-state index is 13.0. The van der Waals surface area contributed by atoms with Crippen molar-refractivity contribution in [3.8, 4) is 18.2 Å². The van der Waals surface area contributed by atoms with Crippen LogP contribution in [0.2, 0.25) is 0 Å². The van der Waals surface area contributed by atoms with Crippen molar-refractivity contribution < 1.29 is 26.3 Å². The minimum absolute atomic E-state index is 0.153. The lowest BCUT2D eigenvalue weighted by Gasteiger charge is -2.19. The van der Waals surface area contributed by atoms with Gasteiger partial charge in [0.25, 0.3) is 0 Å². The summed E-state index contributed by atoms with van der Waals surface area (Å²) >= 11 is 0. The van der Waals surface area contributed by atoms with E-state index >= 15 is 0 Å². The lowest BCUT2D eigenvalue weighted by atomic mass is 9.90. The Morgan fingerprint density at radius 3 is 1.81 bits per heavy atom. The predicted octanol–water partition coefficient (Wildman–Crippen LogP) is 3.53. The fourth-order valence-electron chi connectivity index (χ4n) is 1.76. The zero-order valence-electron chi connectivity index (χ0n) is 9.89. The first-order valence-corrected chi connectivity index (χ1v) is 5.09. The Hall–Kier alpha value is -2.73. The highest BCUT2D eigenvalue weighted by atomic mass is 19.4. The van der Waals surface area contributed by atoms with Crippen LogP contribution < -0.4 is 0 Å². The Balaban J connectivity index is 4.02. The van der Waals surface area contributed by atoms with E-state index in [1.807, 2.05) is 0 Å². The van der Waals surface area contributed by atoms with Gasteiger partial charge in [0.2, 0.25) is 0 Å². The van der Waals surface area contributed by atoms with Gasteiger partial charge in [0, 0.05) is 0 Å². The number of hydrogen-bond acceptors (Lipinski definition) is 3. The molecule has 0 radical (unpaired) electrons. The van der Waals surface area contributed by atoms with Crippen molar-refractivity contribution in [2.75, 3.05) is 0 Å². The van der Waals surface area contributed by atoms with Gasteiger partial charge < -0.3 is 0 Å². The molecule has 0 aromatic heterocycles. The molecule has 0 aliphatic carbocycles. The molecular formula is C12H3F6N3. The van der Waals surface area contributed by atoms with Crippen molar-refractivity contribution in [3.63, 3.8) is 0 Å². The highest BCUT2D eigenvalue weighted by molar-refractivity contribution is 5.58. The maximum atomic E-state index is 13.0. The number of nitriles is 3. The van der Waals surface area contributed by atoms with Crippen LogP contribution in [-0.2, 0) is 18.8 Å². The van der Waals surface area contributed by atoms with Gasteiger partial charge in [0.05, 0.1) is 34.7 Å². The van der Waals surface area contributed by atoms with E-state index in [0.29, 0.717) is 0 Å². The second kappa shape index (κ2) is 5.34. The minimum Gasteiger partial charge on any atom is -0.198 e. The van der Waals surface area contributed by atoms with Crippen LogP contribution in [0.5, 0.6) is 0 Å². The van der Waals surface area contributed by atoms with Crippen molar-refractivity contribution >= 4 is 0 Å². The third-order valence-electron chi connectivity index (χ3n) is 2.51. The third kappa shape index (κ3) is 3.06. The van der Waals surface area contributed by atoms with E-state index < -0.39 is 46.6 Å². The Morgan fingerprint density at radius 1 is 0.905 bits per heavy atom. The van der Waals surface area contributed by atoms with E-state index in [9.17, 15) is 26.3 Å². The summed E-state index contributed by atoms with van der Waals surface area (Å²) in [5, 5.41) is 25.8. The van der Waals surface area contributed by atoms with Crippen LogP contribution in [0.1, 0.15) is 27.8 Å².